The van der Waals surface area contributed by atoms with Gasteiger partial charge in [0.05, 0.1) is 14.2 Å². The molecule has 0 aliphatic carbocycles. The minimum Gasteiger partial charge on any atom is -0.493 e. The summed E-state index contributed by atoms with van der Waals surface area (Å²) < 4.78 is 10.2. The van der Waals surface area contributed by atoms with E-state index in [0.29, 0.717) is 17.2 Å². The number of azide groups is 1. The number of nitrogens with zero attached hydrogens (tertiary/aromatic N) is 3. The van der Waals surface area contributed by atoms with Crippen LogP contribution in [0.3, 0.4) is 0 Å². The van der Waals surface area contributed by atoms with Gasteiger partial charge < -0.3 is 9.47 Å². The van der Waals surface area contributed by atoms with Gasteiger partial charge in [0.1, 0.15) is 0 Å². The van der Waals surface area contributed by atoms with Gasteiger partial charge in [-0.3, -0.25) is 0 Å². The van der Waals surface area contributed by atoms with E-state index in [4.69, 9.17) is 15.0 Å². The molecule has 1 aromatic carbocycles. The molecule has 14 heavy (non-hydrogen) atoms. The topological polar surface area (TPSA) is 67.2 Å². The van der Waals surface area contributed by atoms with E-state index in [1.54, 1.807) is 19.2 Å². The first kappa shape index (κ1) is 10.2. The highest BCUT2D eigenvalue weighted by molar-refractivity contribution is 5.56. The van der Waals surface area contributed by atoms with Gasteiger partial charge in [0.2, 0.25) is 0 Å². The molecule has 0 amide bonds. The van der Waals surface area contributed by atoms with Crippen LogP contribution in [0, 0.1) is 6.92 Å². The third kappa shape index (κ3) is 1.89. The molecule has 0 aromatic heterocycles. The second-order valence-electron chi connectivity index (χ2n) is 2.69. The van der Waals surface area contributed by atoms with Gasteiger partial charge in [-0.1, -0.05) is 5.11 Å². The number of methoxy groups -OCH3 is 2. The molecule has 0 bridgehead atoms. The predicted octanol–water partition coefficient (Wildman–Crippen LogP) is 2.95. The molecule has 0 unspecified atom stereocenters. The van der Waals surface area contributed by atoms with E-state index in [0.717, 1.165) is 5.56 Å². The Morgan fingerprint density at radius 3 is 2.50 bits per heavy atom. The summed E-state index contributed by atoms with van der Waals surface area (Å²) in [5.41, 5.74) is 9.67. The van der Waals surface area contributed by atoms with Crippen LogP contribution in [0.4, 0.5) is 5.69 Å². The van der Waals surface area contributed by atoms with E-state index in [2.05, 4.69) is 10.0 Å². The average Bonchev–Trinajstić information content (AvgIpc) is 2.17. The Morgan fingerprint density at radius 2 is 2.00 bits per heavy atom. The van der Waals surface area contributed by atoms with Gasteiger partial charge in [-0.15, -0.1) is 0 Å². The van der Waals surface area contributed by atoms with Gasteiger partial charge in [-0.05, 0) is 30.2 Å². The monoisotopic (exact) mass is 193 g/mol. The highest BCUT2D eigenvalue weighted by atomic mass is 16.5. The van der Waals surface area contributed by atoms with E-state index in [1.807, 2.05) is 6.92 Å². The molecule has 0 aliphatic heterocycles. The first-order chi connectivity index (χ1) is 6.72. The standard InChI is InChI=1S/C9H11N3O2/c1-6-4-7(11-12-10)5-8(13-2)9(6)14-3/h4-5H,1-3H3. The zero-order valence-corrected chi connectivity index (χ0v) is 8.31. The van der Waals surface area contributed by atoms with Crippen LogP contribution >= 0.6 is 0 Å². The molecule has 5 heteroatoms. The van der Waals surface area contributed by atoms with Crippen LogP contribution < -0.4 is 9.47 Å². The van der Waals surface area contributed by atoms with E-state index >= 15 is 0 Å². The Balaban J connectivity index is 3.30. The molecule has 0 radical (unpaired) electrons. The molecule has 1 aromatic rings. The van der Waals surface area contributed by atoms with E-state index in [9.17, 15) is 0 Å². The Bertz CT molecular complexity index is 384. The first-order valence-corrected chi connectivity index (χ1v) is 4.00. The Kier molecular flexibility index (Phi) is 3.20. The summed E-state index contributed by atoms with van der Waals surface area (Å²) in [4.78, 5) is 2.71. The molecule has 0 heterocycles. The molecule has 0 saturated carbocycles. The van der Waals surface area contributed by atoms with Gasteiger partial charge in [-0.25, -0.2) is 0 Å². The van der Waals surface area contributed by atoms with Gasteiger partial charge in [-0.2, -0.15) is 0 Å². The van der Waals surface area contributed by atoms with Crippen molar-refractivity contribution in [2.24, 2.45) is 5.11 Å². The summed E-state index contributed by atoms with van der Waals surface area (Å²) >= 11 is 0. The number of aryl methyl sites for hydroxylation is 1. The van der Waals surface area contributed by atoms with Crippen LogP contribution in [0.2, 0.25) is 0 Å². The number of hydrogen-bond acceptors (Lipinski definition) is 3. The Hall–Kier alpha value is -1.87. The van der Waals surface area contributed by atoms with Crippen molar-refractivity contribution in [1.82, 2.24) is 0 Å². The van der Waals surface area contributed by atoms with Crippen LogP contribution in [-0.4, -0.2) is 14.2 Å². The molecule has 1 rings (SSSR count). The number of benzene rings is 1. The fourth-order valence-electron chi connectivity index (χ4n) is 1.25. The van der Waals surface area contributed by atoms with Crippen molar-refractivity contribution in [2.45, 2.75) is 6.92 Å². The second-order valence-corrected chi connectivity index (χ2v) is 2.69. The minimum atomic E-state index is 0.516. The average molecular weight is 193 g/mol. The lowest BCUT2D eigenvalue weighted by atomic mass is 10.2. The zero-order chi connectivity index (χ0) is 10.6. The van der Waals surface area contributed by atoms with E-state index in [-0.39, 0.29) is 0 Å². The Labute approximate surface area is 81.9 Å². The van der Waals surface area contributed by atoms with E-state index in [1.165, 1.54) is 7.11 Å². The van der Waals surface area contributed by atoms with Gasteiger partial charge in [0.25, 0.3) is 0 Å². The maximum Gasteiger partial charge on any atom is 0.163 e. The van der Waals surface area contributed by atoms with Crippen molar-refractivity contribution >= 4 is 5.69 Å². The van der Waals surface area contributed by atoms with Crippen LogP contribution in [0.15, 0.2) is 17.2 Å². The summed E-state index contributed by atoms with van der Waals surface area (Å²) in [7, 11) is 3.11. The van der Waals surface area contributed by atoms with E-state index < -0.39 is 0 Å². The molecule has 0 N–H and O–H groups in total. The normalized spacial score (nSPS) is 9.07. The van der Waals surface area contributed by atoms with Gasteiger partial charge >= 0.3 is 0 Å². The number of hydrogen-bond donors (Lipinski definition) is 0. The van der Waals surface area contributed by atoms with Crippen LogP contribution in [0.25, 0.3) is 10.4 Å². The highest BCUT2D eigenvalue weighted by Crippen LogP contribution is 2.34. The highest BCUT2D eigenvalue weighted by Gasteiger charge is 2.07. The summed E-state index contributed by atoms with van der Waals surface area (Å²) in [6, 6.07) is 3.37. The fourth-order valence-corrected chi connectivity index (χ4v) is 1.25. The van der Waals surface area contributed by atoms with Crippen LogP contribution in [0.5, 0.6) is 11.5 Å². The smallest absolute Gasteiger partial charge is 0.163 e. The maximum absolute atomic E-state index is 8.29. The van der Waals surface area contributed by atoms with Crippen LogP contribution in [-0.2, 0) is 0 Å². The molecule has 74 valence electrons. The molecule has 0 aliphatic rings. The largest absolute Gasteiger partial charge is 0.493 e. The third-order valence-corrected chi connectivity index (χ3v) is 1.81. The second kappa shape index (κ2) is 4.39. The predicted molar refractivity (Wildman–Crippen MR) is 53.1 cm³/mol. The van der Waals surface area contributed by atoms with Crippen molar-refractivity contribution in [3.05, 3.63) is 28.1 Å². The van der Waals surface area contributed by atoms with Gasteiger partial charge in [0.15, 0.2) is 11.5 Å². The van der Waals surface area contributed by atoms with Crippen LogP contribution in [0.1, 0.15) is 5.56 Å². The van der Waals surface area contributed by atoms with Crippen molar-refractivity contribution in [3.8, 4) is 11.5 Å². The number of ether oxygens (including phenoxy) is 2. The first-order valence-electron chi connectivity index (χ1n) is 4.00. The number of rotatable bonds is 3. The summed E-state index contributed by atoms with van der Waals surface area (Å²) in [5.74, 6) is 1.22. The Morgan fingerprint density at radius 1 is 1.29 bits per heavy atom. The third-order valence-electron chi connectivity index (χ3n) is 1.81. The zero-order valence-electron chi connectivity index (χ0n) is 8.31. The lowest BCUT2D eigenvalue weighted by Crippen LogP contribution is -1.92. The lowest BCUT2D eigenvalue weighted by molar-refractivity contribution is 0.353. The molecule has 0 spiro atoms. The van der Waals surface area contributed by atoms with Crippen molar-refractivity contribution < 1.29 is 9.47 Å². The molecular formula is C9H11N3O2. The minimum absolute atomic E-state index is 0.516. The maximum atomic E-state index is 8.29. The van der Waals surface area contributed by atoms with Gasteiger partial charge in [0, 0.05) is 10.6 Å². The van der Waals surface area contributed by atoms with Crippen molar-refractivity contribution in [1.29, 1.82) is 0 Å². The van der Waals surface area contributed by atoms with Crippen molar-refractivity contribution in [2.75, 3.05) is 14.2 Å². The molecule has 0 atom stereocenters. The molecule has 0 saturated heterocycles. The molecule has 0 fully saturated rings. The lowest BCUT2D eigenvalue weighted by Gasteiger charge is -2.10. The summed E-state index contributed by atoms with van der Waals surface area (Å²) in [6.45, 7) is 1.86. The summed E-state index contributed by atoms with van der Waals surface area (Å²) in [6.07, 6.45) is 0. The van der Waals surface area contributed by atoms with Crippen molar-refractivity contribution in [3.63, 3.8) is 0 Å². The fraction of sp³-hybridized carbons (Fsp3) is 0.333. The quantitative estimate of drug-likeness (QED) is 0.420. The summed E-state index contributed by atoms with van der Waals surface area (Å²) in [5, 5.41) is 3.50. The molecular weight excluding hydrogens is 182 g/mol. The molecule has 5 nitrogen and oxygen atoms in total. The SMILES string of the molecule is COc1cc(N=[N+]=[N-])cc(C)c1OC.